The molecule has 0 atom stereocenters. The topological polar surface area (TPSA) is 68.8 Å². The van der Waals surface area contributed by atoms with Gasteiger partial charge in [-0.3, -0.25) is 4.98 Å². The van der Waals surface area contributed by atoms with Gasteiger partial charge in [-0.1, -0.05) is 25.2 Å². The van der Waals surface area contributed by atoms with Gasteiger partial charge in [-0.25, -0.2) is 0 Å². The smallest absolute Gasteiger partial charge is 0.163 e. The quantitative estimate of drug-likeness (QED) is 0.200. The summed E-state index contributed by atoms with van der Waals surface area (Å²) in [5.41, 5.74) is 2.34. The molecular formula is C28H30IN3O4. The van der Waals surface area contributed by atoms with Crippen LogP contribution in [0.25, 0.3) is 21.8 Å². The van der Waals surface area contributed by atoms with Crippen LogP contribution in [-0.4, -0.2) is 65.9 Å². The number of hydrogen-bond donors (Lipinski definition) is 1. The van der Waals surface area contributed by atoms with Crippen molar-refractivity contribution >= 4 is 47.1 Å². The van der Waals surface area contributed by atoms with Crippen LogP contribution in [0.3, 0.4) is 0 Å². The zero-order chi connectivity index (χ0) is 24.5. The van der Waals surface area contributed by atoms with E-state index in [0.717, 1.165) is 67.2 Å². The molecular weight excluding hydrogens is 569 g/mol. The molecule has 2 fully saturated rings. The van der Waals surface area contributed by atoms with Crippen molar-refractivity contribution in [1.82, 2.24) is 14.9 Å². The number of aromatic nitrogens is 2. The molecule has 0 aliphatic carbocycles. The van der Waals surface area contributed by atoms with E-state index in [0.29, 0.717) is 23.5 Å². The number of aromatic amines is 1. The minimum atomic E-state index is -0.427. The van der Waals surface area contributed by atoms with Crippen molar-refractivity contribution in [3.05, 3.63) is 52.4 Å². The Bertz CT molecular complexity index is 1410. The maximum Gasteiger partial charge on any atom is 0.163 e. The van der Waals surface area contributed by atoms with Crippen LogP contribution in [0.15, 0.2) is 48.8 Å². The lowest BCUT2D eigenvalue weighted by Gasteiger charge is -2.37. The summed E-state index contributed by atoms with van der Waals surface area (Å²) in [7, 11) is 1.67. The molecule has 4 aromatic rings. The van der Waals surface area contributed by atoms with E-state index in [1.165, 1.54) is 15.4 Å². The summed E-state index contributed by atoms with van der Waals surface area (Å²) in [5.74, 6) is 2.96. The molecule has 188 valence electrons. The van der Waals surface area contributed by atoms with Crippen molar-refractivity contribution in [3.63, 3.8) is 0 Å². The van der Waals surface area contributed by atoms with Crippen molar-refractivity contribution < 1.29 is 18.9 Å². The van der Waals surface area contributed by atoms with Crippen LogP contribution in [-0.2, 0) is 4.74 Å². The molecule has 7 nitrogen and oxygen atoms in total. The van der Waals surface area contributed by atoms with Crippen LogP contribution in [0.4, 0.5) is 0 Å². The molecule has 0 unspecified atom stereocenters. The number of ether oxygens (including phenoxy) is 4. The number of rotatable bonds is 9. The van der Waals surface area contributed by atoms with E-state index < -0.39 is 20.7 Å². The van der Waals surface area contributed by atoms with Crippen molar-refractivity contribution in [2.75, 3.05) is 46.6 Å². The van der Waals surface area contributed by atoms with Gasteiger partial charge in [0, 0.05) is 53.3 Å². The van der Waals surface area contributed by atoms with Crippen molar-refractivity contribution in [3.8, 4) is 23.0 Å². The summed E-state index contributed by atoms with van der Waals surface area (Å²) in [6.07, 6.45) is 5.94. The molecule has 2 aliphatic rings. The van der Waals surface area contributed by atoms with Crippen LogP contribution in [0.1, 0.15) is 12.8 Å². The highest BCUT2D eigenvalue weighted by Crippen LogP contribution is 2.40. The van der Waals surface area contributed by atoms with Gasteiger partial charge in [-0.05, 0) is 49.7 Å². The molecule has 0 bridgehead atoms. The largest absolute Gasteiger partial charge is 0.493 e. The van der Waals surface area contributed by atoms with Crippen LogP contribution >= 0.6 is 20.7 Å². The minimum Gasteiger partial charge on any atom is -0.493 e. The van der Waals surface area contributed by atoms with Crippen molar-refractivity contribution in [1.29, 1.82) is 0 Å². The average molecular weight is 599 g/mol. The Morgan fingerprint density at radius 1 is 1.11 bits per heavy atom. The third kappa shape index (κ3) is 4.46. The van der Waals surface area contributed by atoms with Gasteiger partial charge >= 0.3 is 0 Å². The maximum absolute atomic E-state index is 6.44. The lowest BCUT2D eigenvalue weighted by Crippen LogP contribution is -2.44. The molecule has 1 N–H and O–H groups in total. The molecule has 0 radical (unpaired) electrons. The van der Waals surface area contributed by atoms with E-state index in [4.69, 9.17) is 18.9 Å². The number of benzene rings is 2. The Balaban J connectivity index is 1.18. The monoisotopic (exact) mass is 599 g/mol. The summed E-state index contributed by atoms with van der Waals surface area (Å²) < 4.78 is 29.1. The van der Waals surface area contributed by atoms with Gasteiger partial charge in [0.2, 0.25) is 0 Å². The van der Waals surface area contributed by atoms with Gasteiger partial charge in [0.05, 0.1) is 36.0 Å². The minimum absolute atomic E-state index is 0.427. The zero-order valence-corrected chi connectivity index (χ0v) is 22.5. The molecule has 2 aliphatic heterocycles. The Hall–Kier alpha value is -2.69. The first kappa shape index (κ1) is 23.7. The fourth-order valence-electron chi connectivity index (χ4n) is 5.22. The predicted molar refractivity (Wildman–Crippen MR) is 151 cm³/mol. The van der Waals surface area contributed by atoms with Crippen LogP contribution < -0.4 is 14.2 Å². The number of methoxy groups -OCH3 is 1. The second kappa shape index (κ2) is 9.99. The zero-order valence-electron chi connectivity index (χ0n) is 20.4. The summed E-state index contributed by atoms with van der Waals surface area (Å²) >= 11 is -0.427. The Labute approximate surface area is 220 Å². The fraction of sp³-hybridized carbons (Fsp3) is 0.357. The first-order chi connectivity index (χ1) is 17.7. The van der Waals surface area contributed by atoms with Gasteiger partial charge < -0.3 is 28.8 Å². The molecule has 0 amide bonds. The highest BCUT2D eigenvalue weighted by atomic mass is 127. The third-order valence-corrected chi connectivity index (χ3v) is 9.06. The number of pyridine rings is 1. The first-order valence-corrected chi connectivity index (χ1v) is 14.8. The molecule has 4 heterocycles. The SMILES string of the molecule is C=Ic1c(Oc2ccnc3cc(OCCCN4CCC5(COC5)C4)c(OC)cc23)ccc2[nH]ccc12. The lowest BCUT2D eigenvalue weighted by molar-refractivity contribution is -0.105. The molecule has 2 aromatic heterocycles. The molecule has 2 aromatic carbocycles. The van der Waals surface area contributed by atoms with E-state index in [1.807, 2.05) is 36.5 Å². The normalized spacial score (nSPS) is 17.0. The van der Waals surface area contributed by atoms with E-state index in [2.05, 4.69) is 25.4 Å². The van der Waals surface area contributed by atoms with Crippen molar-refractivity contribution in [2.24, 2.45) is 5.41 Å². The number of H-pyrrole nitrogens is 1. The number of fused-ring (bicyclic) bond motifs is 2. The molecule has 6 rings (SSSR count). The number of nitrogens with one attached hydrogen (secondary N) is 1. The van der Waals surface area contributed by atoms with Crippen LogP contribution in [0.5, 0.6) is 23.0 Å². The number of hydrogen-bond acceptors (Lipinski definition) is 6. The molecule has 2 saturated heterocycles. The Morgan fingerprint density at radius 3 is 2.81 bits per heavy atom. The Kier molecular flexibility index (Phi) is 6.57. The summed E-state index contributed by atoms with van der Waals surface area (Å²) in [4.78, 5) is 10.4. The average Bonchev–Trinajstić information content (AvgIpc) is 3.54. The molecule has 36 heavy (non-hydrogen) atoms. The van der Waals surface area contributed by atoms with E-state index in [9.17, 15) is 0 Å². The third-order valence-electron chi connectivity index (χ3n) is 7.18. The van der Waals surface area contributed by atoms with Gasteiger partial charge in [-0.2, -0.15) is 0 Å². The lowest BCUT2D eigenvalue weighted by atomic mass is 9.85. The standard InChI is InChI=1S/C28H30IN3O4/c1-29-27-19-6-9-30-21(19)4-5-24(27)36-23-7-10-31-22-15-26(25(33-2)14-20(22)23)35-13-3-11-32-12-8-28(16-32)17-34-18-28/h4-7,9-10,14-15,30H,1,3,8,11-13,16-18H2,2H3. The first-order valence-electron chi connectivity index (χ1n) is 12.2. The summed E-state index contributed by atoms with van der Waals surface area (Å²) in [6, 6.07) is 11.9. The maximum atomic E-state index is 6.44. The molecule has 0 saturated carbocycles. The summed E-state index contributed by atoms with van der Waals surface area (Å²) in [6.45, 7) is 5.82. The fourth-order valence-corrected chi connectivity index (χ4v) is 6.76. The molecule has 8 heteroatoms. The van der Waals surface area contributed by atoms with E-state index in [-0.39, 0.29) is 0 Å². The number of likely N-dealkylation sites (tertiary alicyclic amines) is 1. The van der Waals surface area contributed by atoms with E-state index >= 15 is 0 Å². The Morgan fingerprint density at radius 2 is 2.03 bits per heavy atom. The summed E-state index contributed by atoms with van der Waals surface area (Å²) in [5, 5.41) is 2.06. The van der Waals surface area contributed by atoms with Crippen molar-refractivity contribution in [2.45, 2.75) is 12.8 Å². The highest BCUT2D eigenvalue weighted by molar-refractivity contribution is 14.2. The van der Waals surface area contributed by atoms with Gasteiger partial charge in [0.25, 0.3) is 0 Å². The number of nitrogens with zero attached hydrogens (tertiary/aromatic N) is 2. The van der Waals surface area contributed by atoms with Crippen LogP contribution in [0.2, 0.25) is 0 Å². The van der Waals surface area contributed by atoms with E-state index in [1.54, 1.807) is 13.3 Å². The second-order valence-electron chi connectivity index (χ2n) is 9.60. The van der Waals surface area contributed by atoms with Gasteiger partial charge in [-0.15, -0.1) is 0 Å². The highest BCUT2D eigenvalue weighted by Gasteiger charge is 2.43. The second-order valence-corrected chi connectivity index (χ2v) is 11.4. The van der Waals surface area contributed by atoms with Crippen LogP contribution in [0, 0.1) is 8.99 Å². The molecule has 1 spiro atoms. The predicted octanol–water partition coefficient (Wildman–Crippen LogP) is 5.58. The van der Waals surface area contributed by atoms with Gasteiger partial charge in [0.1, 0.15) is 11.5 Å². The van der Waals surface area contributed by atoms with Gasteiger partial charge in [0.15, 0.2) is 11.5 Å². The number of halogens is 1.